The van der Waals surface area contributed by atoms with Crippen LogP contribution in [0.2, 0.25) is 0 Å². The van der Waals surface area contributed by atoms with Gasteiger partial charge in [-0.3, -0.25) is 0 Å². The number of hydrogen-bond acceptors (Lipinski definition) is 1. The summed E-state index contributed by atoms with van der Waals surface area (Å²) < 4.78 is 56.8. The van der Waals surface area contributed by atoms with E-state index in [0.717, 1.165) is 0 Å². The van der Waals surface area contributed by atoms with Crippen molar-refractivity contribution in [2.75, 3.05) is 13.2 Å². The minimum Gasteiger partial charge on any atom is -0.381 e. The molecule has 2 unspecified atom stereocenters. The number of halogens is 4. The van der Waals surface area contributed by atoms with Crippen LogP contribution < -0.4 is 0 Å². The summed E-state index contributed by atoms with van der Waals surface area (Å²) in [5, 5.41) is 0. The summed E-state index contributed by atoms with van der Waals surface area (Å²) in [6, 6.07) is 0. The lowest BCUT2D eigenvalue weighted by Gasteiger charge is -2.14. The van der Waals surface area contributed by atoms with Crippen molar-refractivity contribution in [3.05, 3.63) is 0 Å². The van der Waals surface area contributed by atoms with Crippen molar-refractivity contribution in [3.8, 4) is 0 Å². The molecule has 0 spiro atoms. The summed E-state index contributed by atoms with van der Waals surface area (Å²) in [5.74, 6) is -5.30. The average Bonchev–Trinajstić information content (AvgIpc) is 2.70. The molecule has 0 radical (unpaired) electrons. The molecule has 0 heterocycles. The highest BCUT2D eigenvalue weighted by atomic mass is 19.3. The first-order valence-corrected chi connectivity index (χ1v) is 6.20. The van der Waals surface area contributed by atoms with Gasteiger partial charge in [-0.05, 0) is 24.7 Å². The van der Waals surface area contributed by atoms with Crippen LogP contribution in [-0.2, 0) is 4.74 Å². The van der Waals surface area contributed by atoms with Crippen molar-refractivity contribution in [2.45, 2.75) is 50.4 Å². The maximum Gasteiger partial charge on any atom is 0.248 e. The van der Waals surface area contributed by atoms with Gasteiger partial charge in [-0.1, -0.05) is 0 Å². The van der Waals surface area contributed by atoms with Crippen molar-refractivity contribution >= 4 is 0 Å². The van der Waals surface area contributed by atoms with E-state index in [-0.39, 0.29) is 50.7 Å². The van der Waals surface area contributed by atoms with E-state index >= 15 is 0 Å². The summed E-state index contributed by atoms with van der Waals surface area (Å²) in [6.45, 7) is 0.579. The Bertz CT molecular complexity index is 241. The van der Waals surface area contributed by atoms with E-state index in [4.69, 9.17) is 4.74 Å². The summed E-state index contributed by atoms with van der Waals surface area (Å²) in [4.78, 5) is 0. The summed E-state index contributed by atoms with van der Waals surface area (Å²) in [7, 11) is 0. The molecule has 0 amide bonds. The number of rotatable bonds is 4. The maximum atomic E-state index is 12.9. The molecule has 0 aromatic heterocycles. The van der Waals surface area contributed by atoms with Crippen molar-refractivity contribution in [2.24, 2.45) is 11.8 Å². The first-order chi connectivity index (χ1) is 7.86. The van der Waals surface area contributed by atoms with Gasteiger partial charge in [0.1, 0.15) is 0 Å². The summed E-state index contributed by atoms with van der Waals surface area (Å²) in [5.41, 5.74) is 0. The molecule has 2 aliphatic carbocycles. The lowest BCUT2D eigenvalue weighted by molar-refractivity contribution is -0.00969. The Morgan fingerprint density at radius 1 is 0.824 bits per heavy atom. The molecule has 0 aliphatic heterocycles. The SMILES string of the molecule is FC1(F)CCC(COCC2CCC(F)(F)C2)C1. The molecule has 2 aliphatic rings. The molecule has 0 saturated heterocycles. The lowest BCUT2D eigenvalue weighted by Crippen LogP contribution is -2.16. The predicted molar refractivity (Wildman–Crippen MR) is 55.4 cm³/mol. The van der Waals surface area contributed by atoms with Crippen molar-refractivity contribution in [3.63, 3.8) is 0 Å². The van der Waals surface area contributed by atoms with Crippen LogP contribution in [0.25, 0.3) is 0 Å². The fourth-order valence-corrected chi connectivity index (χ4v) is 2.77. The number of hydrogen-bond donors (Lipinski definition) is 0. The molecular weight excluding hydrogens is 236 g/mol. The van der Waals surface area contributed by atoms with Crippen LogP contribution in [0.3, 0.4) is 0 Å². The zero-order valence-electron chi connectivity index (χ0n) is 9.73. The van der Waals surface area contributed by atoms with Crippen LogP contribution in [0.15, 0.2) is 0 Å². The Kier molecular flexibility index (Phi) is 3.66. The Morgan fingerprint density at radius 2 is 1.24 bits per heavy atom. The van der Waals surface area contributed by atoms with Crippen molar-refractivity contribution < 1.29 is 22.3 Å². The Labute approximate surface area is 98.5 Å². The van der Waals surface area contributed by atoms with Crippen LogP contribution in [0.4, 0.5) is 17.6 Å². The molecule has 2 fully saturated rings. The van der Waals surface area contributed by atoms with Gasteiger partial charge in [0, 0.05) is 38.9 Å². The number of alkyl halides is 4. The molecular formula is C12H18F4O. The molecule has 5 heteroatoms. The van der Waals surface area contributed by atoms with E-state index in [2.05, 4.69) is 0 Å². The standard InChI is InChI=1S/C12H18F4O/c13-11(14)3-1-9(5-11)7-17-8-10-2-4-12(15,16)6-10/h9-10H,1-8H2. The minimum absolute atomic E-state index is 0.0669. The monoisotopic (exact) mass is 254 g/mol. The van der Waals surface area contributed by atoms with E-state index in [1.165, 1.54) is 0 Å². The molecule has 17 heavy (non-hydrogen) atoms. The molecule has 0 N–H and O–H groups in total. The van der Waals surface area contributed by atoms with Crippen LogP contribution in [0.5, 0.6) is 0 Å². The second-order valence-electron chi connectivity index (χ2n) is 5.47. The van der Waals surface area contributed by atoms with E-state index < -0.39 is 11.8 Å². The molecule has 2 atom stereocenters. The van der Waals surface area contributed by atoms with E-state index in [1.54, 1.807) is 0 Å². The Morgan fingerprint density at radius 3 is 1.53 bits per heavy atom. The average molecular weight is 254 g/mol. The molecule has 0 aromatic carbocycles. The summed E-state index contributed by atoms with van der Waals surface area (Å²) >= 11 is 0. The zero-order chi connectivity index (χ0) is 12.5. The zero-order valence-corrected chi connectivity index (χ0v) is 9.73. The third-order valence-corrected chi connectivity index (χ3v) is 3.72. The minimum atomic E-state index is -2.55. The van der Waals surface area contributed by atoms with Crippen molar-refractivity contribution in [1.82, 2.24) is 0 Å². The second kappa shape index (κ2) is 4.75. The first-order valence-electron chi connectivity index (χ1n) is 6.20. The fourth-order valence-electron chi connectivity index (χ4n) is 2.77. The van der Waals surface area contributed by atoms with E-state index in [0.29, 0.717) is 12.8 Å². The van der Waals surface area contributed by atoms with Crippen LogP contribution >= 0.6 is 0 Å². The third-order valence-electron chi connectivity index (χ3n) is 3.72. The van der Waals surface area contributed by atoms with E-state index in [1.807, 2.05) is 0 Å². The van der Waals surface area contributed by atoms with Crippen LogP contribution in [-0.4, -0.2) is 25.1 Å². The second-order valence-corrected chi connectivity index (χ2v) is 5.47. The van der Waals surface area contributed by atoms with Gasteiger partial charge in [-0.25, -0.2) is 17.6 Å². The normalized spacial score (nSPS) is 35.3. The largest absolute Gasteiger partial charge is 0.381 e. The first kappa shape index (κ1) is 13.1. The molecule has 0 aromatic rings. The quantitative estimate of drug-likeness (QED) is 0.692. The van der Waals surface area contributed by atoms with Gasteiger partial charge >= 0.3 is 0 Å². The fraction of sp³-hybridized carbons (Fsp3) is 1.00. The highest BCUT2D eigenvalue weighted by molar-refractivity contribution is 4.83. The highest BCUT2D eigenvalue weighted by Gasteiger charge is 2.41. The maximum absolute atomic E-state index is 12.9. The van der Waals surface area contributed by atoms with Gasteiger partial charge in [0.2, 0.25) is 11.8 Å². The molecule has 0 bridgehead atoms. The molecule has 2 rings (SSSR count). The van der Waals surface area contributed by atoms with Crippen molar-refractivity contribution in [1.29, 1.82) is 0 Å². The highest BCUT2D eigenvalue weighted by Crippen LogP contribution is 2.40. The Hall–Kier alpha value is -0.320. The Balaban J connectivity index is 1.61. The topological polar surface area (TPSA) is 9.23 Å². The smallest absolute Gasteiger partial charge is 0.248 e. The van der Waals surface area contributed by atoms with Gasteiger partial charge in [0.25, 0.3) is 0 Å². The molecule has 2 saturated carbocycles. The van der Waals surface area contributed by atoms with Crippen LogP contribution in [0.1, 0.15) is 38.5 Å². The molecule has 100 valence electrons. The summed E-state index contributed by atoms with van der Waals surface area (Å²) in [6.07, 6.45) is 0.592. The van der Waals surface area contributed by atoms with Gasteiger partial charge in [-0.15, -0.1) is 0 Å². The van der Waals surface area contributed by atoms with Gasteiger partial charge in [0.05, 0.1) is 0 Å². The number of ether oxygens (including phenoxy) is 1. The van der Waals surface area contributed by atoms with Gasteiger partial charge in [0.15, 0.2) is 0 Å². The third kappa shape index (κ3) is 3.83. The lowest BCUT2D eigenvalue weighted by atomic mass is 10.1. The van der Waals surface area contributed by atoms with E-state index in [9.17, 15) is 17.6 Å². The van der Waals surface area contributed by atoms with Crippen LogP contribution in [0, 0.1) is 11.8 Å². The predicted octanol–water partition coefficient (Wildman–Crippen LogP) is 3.87. The van der Waals surface area contributed by atoms with Gasteiger partial charge < -0.3 is 4.74 Å². The van der Waals surface area contributed by atoms with Gasteiger partial charge in [-0.2, -0.15) is 0 Å². The molecule has 1 nitrogen and oxygen atoms in total.